The molecule has 6 nitrogen and oxygen atoms in total. The van der Waals surface area contributed by atoms with E-state index in [1.165, 1.54) is 22.1 Å². The maximum Gasteiger partial charge on any atom is 0.267 e. The van der Waals surface area contributed by atoms with Crippen LogP contribution in [0.3, 0.4) is 0 Å². The van der Waals surface area contributed by atoms with Crippen LogP contribution in [-0.4, -0.2) is 20.7 Å². The minimum atomic E-state index is -0.789. The Morgan fingerprint density at radius 1 is 1.03 bits per heavy atom. The molecule has 0 aliphatic heterocycles. The fourth-order valence-corrected chi connectivity index (χ4v) is 3.83. The first-order valence-electron chi connectivity index (χ1n) is 9.53. The van der Waals surface area contributed by atoms with Gasteiger partial charge in [0, 0.05) is 12.3 Å². The van der Waals surface area contributed by atoms with Gasteiger partial charge in [0.2, 0.25) is 0 Å². The molecule has 0 saturated heterocycles. The van der Waals surface area contributed by atoms with E-state index < -0.39 is 6.04 Å². The molecule has 0 fully saturated rings. The molecule has 3 aromatic heterocycles. The normalized spacial score (nSPS) is 11.8. The lowest BCUT2D eigenvalue weighted by Gasteiger charge is -2.25. The van der Waals surface area contributed by atoms with Crippen molar-refractivity contribution in [2.75, 3.05) is 4.90 Å². The number of amides is 1. The van der Waals surface area contributed by atoms with Gasteiger partial charge in [-0.05, 0) is 42.1 Å². The van der Waals surface area contributed by atoms with Crippen LogP contribution in [0, 0.1) is 0 Å². The van der Waals surface area contributed by atoms with E-state index in [0.29, 0.717) is 18.1 Å². The van der Waals surface area contributed by atoms with E-state index in [1.54, 1.807) is 36.2 Å². The quantitative estimate of drug-likeness (QED) is 0.473. The zero-order valence-corrected chi connectivity index (χ0v) is 17.2. The number of carbonyl (C=O) groups excluding carboxylic acids is 1. The van der Waals surface area contributed by atoms with Crippen LogP contribution in [0.4, 0.5) is 5.82 Å². The van der Waals surface area contributed by atoms with E-state index >= 15 is 0 Å². The third-order valence-corrected chi connectivity index (χ3v) is 5.59. The highest BCUT2D eigenvalue weighted by atomic mass is 32.1. The van der Waals surface area contributed by atoms with Gasteiger partial charge in [-0.25, -0.2) is 9.67 Å². The van der Waals surface area contributed by atoms with Crippen LogP contribution in [0.1, 0.15) is 18.5 Å². The highest BCUT2D eigenvalue weighted by Crippen LogP contribution is 2.23. The second-order valence-electron chi connectivity index (χ2n) is 6.75. The lowest BCUT2D eigenvalue weighted by molar-refractivity contribution is -0.121. The number of hydrogen-bond acceptors (Lipinski definition) is 5. The summed E-state index contributed by atoms with van der Waals surface area (Å²) in [5.74, 6) is 0.274. The van der Waals surface area contributed by atoms with Crippen molar-refractivity contribution in [1.82, 2.24) is 14.8 Å². The van der Waals surface area contributed by atoms with E-state index in [9.17, 15) is 9.59 Å². The molecule has 0 saturated carbocycles. The highest BCUT2D eigenvalue weighted by Gasteiger charge is 2.26. The Morgan fingerprint density at radius 2 is 1.83 bits per heavy atom. The molecule has 7 heteroatoms. The average molecular weight is 417 g/mol. The van der Waals surface area contributed by atoms with Crippen LogP contribution >= 0.6 is 11.3 Å². The van der Waals surface area contributed by atoms with E-state index in [-0.39, 0.29) is 11.5 Å². The molecule has 1 unspecified atom stereocenters. The molecule has 0 N–H and O–H groups in total. The summed E-state index contributed by atoms with van der Waals surface area (Å²) in [5.41, 5.74) is 1.31. The molecule has 1 aromatic carbocycles. The summed E-state index contributed by atoms with van der Waals surface area (Å²) >= 11 is 1.53. The summed E-state index contributed by atoms with van der Waals surface area (Å²) in [6, 6.07) is 21.3. The summed E-state index contributed by atoms with van der Waals surface area (Å²) in [6.07, 6.45) is 1.65. The Kier molecular flexibility index (Phi) is 5.81. The van der Waals surface area contributed by atoms with Crippen molar-refractivity contribution in [3.05, 3.63) is 100 Å². The van der Waals surface area contributed by atoms with E-state index in [0.717, 1.165) is 10.4 Å². The van der Waals surface area contributed by atoms with E-state index in [4.69, 9.17) is 0 Å². The minimum Gasteiger partial charge on any atom is -0.290 e. The first kappa shape index (κ1) is 19.7. The number of pyridine rings is 1. The molecule has 0 aliphatic rings. The lowest BCUT2D eigenvalue weighted by Crippen LogP contribution is -2.40. The number of rotatable bonds is 6. The second-order valence-corrected chi connectivity index (χ2v) is 7.70. The smallest absolute Gasteiger partial charge is 0.267 e. The Hall–Kier alpha value is -3.58. The average Bonchev–Trinajstić information content (AvgIpc) is 3.33. The standard InChI is InChI=1S/C23H20N4O2S/c1-17(27-22(28)13-12-19(25-27)20-10-7-15-30-20)23(29)26(21-11-5-6-14-24-21)16-18-8-3-2-4-9-18/h2-15,17H,16H2,1H3. The number of aromatic nitrogens is 3. The third kappa shape index (κ3) is 4.21. The molecule has 4 rings (SSSR count). The Labute approximate surface area is 178 Å². The van der Waals surface area contributed by atoms with Gasteiger partial charge in [0.15, 0.2) is 0 Å². The summed E-state index contributed by atoms with van der Waals surface area (Å²) in [4.78, 5) is 32.9. The summed E-state index contributed by atoms with van der Waals surface area (Å²) < 4.78 is 1.25. The van der Waals surface area contributed by atoms with Crippen molar-refractivity contribution in [3.8, 4) is 10.6 Å². The van der Waals surface area contributed by atoms with Crippen LogP contribution in [-0.2, 0) is 11.3 Å². The molecule has 4 aromatic rings. The molecule has 30 heavy (non-hydrogen) atoms. The molecular formula is C23H20N4O2S. The van der Waals surface area contributed by atoms with E-state index in [1.807, 2.05) is 53.9 Å². The number of hydrogen-bond donors (Lipinski definition) is 0. The van der Waals surface area contributed by atoms with Gasteiger partial charge in [-0.15, -0.1) is 11.3 Å². The maximum absolute atomic E-state index is 13.5. The number of carbonyl (C=O) groups is 1. The molecule has 0 bridgehead atoms. The zero-order chi connectivity index (χ0) is 20.9. The highest BCUT2D eigenvalue weighted by molar-refractivity contribution is 7.13. The van der Waals surface area contributed by atoms with Crippen LogP contribution < -0.4 is 10.5 Å². The molecule has 0 spiro atoms. The van der Waals surface area contributed by atoms with Crippen LogP contribution in [0.5, 0.6) is 0 Å². The van der Waals surface area contributed by atoms with E-state index in [2.05, 4.69) is 10.1 Å². The van der Waals surface area contributed by atoms with Crippen molar-refractivity contribution in [3.63, 3.8) is 0 Å². The molecular weight excluding hydrogens is 396 g/mol. The fourth-order valence-electron chi connectivity index (χ4n) is 3.14. The lowest BCUT2D eigenvalue weighted by atomic mass is 10.2. The van der Waals surface area contributed by atoms with Crippen molar-refractivity contribution in [1.29, 1.82) is 0 Å². The number of thiophene rings is 1. The van der Waals surface area contributed by atoms with Gasteiger partial charge in [0.1, 0.15) is 17.6 Å². The van der Waals surface area contributed by atoms with Gasteiger partial charge < -0.3 is 0 Å². The van der Waals surface area contributed by atoms with Gasteiger partial charge >= 0.3 is 0 Å². The van der Waals surface area contributed by atoms with Crippen LogP contribution in [0.2, 0.25) is 0 Å². The Morgan fingerprint density at radius 3 is 2.53 bits per heavy atom. The summed E-state index contributed by atoms with van der Waals surface area (Å²) in [6.45, 7) is 2.04. The molecule has 3 heterocycles. The predicted molar refractivity (Wildman–Crippen MR) is 118 cm³/mol. The number of anilines is 1. The van der Waals surface area contributed by atoms with Crippen molar-refractivity contribution >= 4 is 23.1 Å². The topological polar surface area (TPSA) is 68.1 Å². The van der Waals surface area contributed by atoms with Crippen LogP contribution in [0.25, 0.3) is 10.6 Å². The van der Waals surface area contributed by atoms with Gasteiger partial charge in [-0.3, -0.25) is 14.5 Å². The number of nitrogens with zero attached hydrogens (tertiary/aromatic N) is 4. The summed E-state index contributed by atoms with van der Waals surface area (Å²) in [7, 11) is 0. The third-order valence-electron chi connectivity index (χ3n) is 4.70. The largest absolute Gasteiger partial charge is 0.290 e. The monoisotopic (exact) mass is 416 g/mol. The predicted octanol–water partition coefficient (Wildman–Crippen LogP) is 4.16. The molecule has 0 aliphatic carbocycles. The maximum atomic E-state index is 13.5. The van der Waals surface area contributed by atoms with Gasteiger partial charge in [0.05, 0.1) is 11.4 Å². The van der Waals surface area contributed by atoms with Crippen molar-refractivity contribution in [2.45, 2.75) is 19.5 Å². The number of benzene rings is 1. The minimum absolute atomic E-state index is 0.254. The second kappa shape index (κ2) is 8.84. The first-order valence-corrected chi connectivity index (χ1v) is 10.4. The molecule has 150 valence electrons. The molecule has 1 amide bonds. The first-order chi connectivity index (χ1) is 14.6. The molecule has 1 atom stereocenters. The van der Waals surface area contributed by atoms with Gasteiger partial charge in [-0.2, -0.15) is 5.10 Å². The van der Waals surface area contributed by atoms with Crippen molar-refractivity contribution in [2.24, 2.45) is 0 Å². The fraction of sp³-hybridized carbons (Fsp3) is 0.130. The summed E-state index contributed by atoms with van der Waals surface area (Å²) in [5, 5.41) is 6.41. The van der Waals surface area contributed by atoms with Crippen LogP contribution in [0.15, 0.2) is 89.2 Å². The SMILES string of the molecule is CC(C(=O)N(Cc1ccccc1)c1ccccn1)n1nc(-c2cccs2)ccc1=O. The Bertz CT molecular complexity index is 1170. The Balaban J connectivity index is 1.69. The molecule has 0 radical (unpaired) electrons. The zero-order valence-electron chi connectivity index (χ0n) is 16.4. The van der Waals surface area contributed by atoms with Gasteiger partial charge in [0.25, 0.3) is 11.5 Å². The van der Waals surface area contributed by atoms with Crippen molar-refractivity contribution < 1.29 is 4.79 Å². The van der Waals surface area contributed by atoms with Gasteiger partial charge in [-0.1, -0.05) is 42.5 Å².